The molecule has 0 radical (unpaired) electrons. The van der Waals surface area contributed by atoms with Gasteiger partial charge in [0, 0.05) is 0 Å². The first-order chi connectivity index (χ1) is 5.29. The number of hydrogen-bond acceptors (Lipinski definition) is 1. The lowest BCUT2D eigenvalue weighted by atomic mass is 9.88. The smallest absolute Gasteiger partial charge is 0.0543 e. The lowest BCUT2D eigenvalue weighted by Crippen LogP contribution is -2.21. The van der Waals surface area contributed by atoms with Crippen molar-refractivity contribution in [2.24, 2.45) is 17.8 Å². The largest absolute Gasteiger partial charge is 0.393 e. The van der Waals surface area contributed by atoms with Gasteiger partial charge in [-0.1, -0.05) is 12.8 Å². The number of aliphatic hydroxyl groups excluding tert-OH is 1. The van der Waals surface area contributed by atoms with Crippen LogP contribution in [-0.2, 0) is 0 Å². The molecule has 0 aliphatic heterocycles. The summed E-state index contributed by atoms with van der Waals surface area (Å²) in [5.41, 5.74) is 0. The highest BCUT2D eigenvalue weighted by molar-refractivity contribution is 4.90. The Kier molecular flexibility index (Phi) is 1.92. The van der Waals surface area contributed by atoms with Gasteiger partial charge in [-0.15, -0.1) is 0 Å². The fraction of sp³-hybridized carbons (Fsp3) is 1.00. The minimum atomic E-state index is -0.0527. The van der Waals surface area contributed by atoms with E-state index in [1.165, 1.54) is 32.1 Å². The van der Waals surface area contributed by atoms with Gasteiger partial charge < -0.3 is 5.11 Å². The quantitative estimate of drug-likeness (QED) is 0.614. The van der Waals surface area contributed by atoms with Gasteiger partial charge in [0.2, 0.25) is 0 Å². The maximum Gasteiger partial charge on any atom is 0.0543 e. The van der Waals surface area contributed by atoms with Gasteiger partial charge >= 0.3 is 0 Å². The first-order valence-corrected chi connectivity index (χ1v) is 4.97. The van der Waals surface area contributed by atoms with E-state index in [0.29, 0.717) is 5.92 Å². The van der Waals surface area contributed by atoms with Crippen LogP contribution in [0, 0.1) is 17.8 Å². The zero-order valence-electron chi connectivity index (χ0n) is 7.29. The van der Waals surface area contributed by atoms with Crippen molar-refractivity contribution >= 4 is 0 Å². The zero-order valence-corrected chi connectivity index (χ0v) is 7.29. The monoisotopic (exact) mass is 154 g/mol. The molecule has 0 heterocycles. The molecule has 2 rings (SSSR count). The molecule has 64 valence electrons. The number of rotatable bonds is 1. The molecule has 4 unspecified atom stereocenters. The summed E-state index contributed by atoms with van der Waals surface area (Å²) in [6, 6.07) is 0. The van der Waals surface area contributed by atoms with Crippen LogP contribution in [0.3, 0.4) is 0 Å². The van der Waals surface area contributed by atoms with Crippen molar-refractivity contribution in [1.82, 2.24) is 0 Å². The van der Waals surface area contributed by atoms with Crippen molar-refractivity contribution in [2.75, 3.05) is 0 Å². The van der Waals surface area contributed by atoms with Crippen molar-refractivity contribution < 1.29 is 5.11 Å². The summed E-state index contributed by atoms with van der Waals surface area (Å²) in [5, 5.41) is 9.50. The molecule has 0 spiro atoms. The van der Waals surface area contributed by atoms with Crippen LogP contribution in [0.5, 0.6) is 0 Å². The van der Waals surface area contributed by atoms with Crippen molar-refractivity contribution in [3.05, 3.63) is 0 Å². The summed E-state index contributed by atoms with van der Waals surface area (Å²) in [4.78, 5) is 0. The van der Waals surface area contributed by atoms with Crippen LogP contribution in [0.2, 0.25) is 0 Å². The van der Waals surface area contributed by atoms with E-state index in [-0.39, 0.29) is 6.10 Å². The minimum absolute atomic E-state index is 0.0527. The Bertz CT molecular complexity index is 142. The minimum Gasteiger partial charge on any atom is -0.393 e. The fourth-order valence-corrected chi connectivity index (χ4v) is 3.21. The molecular formula is C10H18O. The van der Waals surface area contributed by atoms with E-state index in [1.54, 1.807) is 0 Å². The molecule has 11 heavy (non-hydrogen) atoms. The first-order valence-electron chi connectivity index (χ1n) is 4.97. The van der Waals surface area contributed by atoms with Crippen LogP contribution in [0.25, 0.3) is 0 Å². The fourth-order valence-electron chi connectivity index (χ4n) is 3.21. The van der Waals surface area contributed by atoms with Gasteiger partial charge in [0.25, 0.3) is 0 Å². The summed E-state index contributed by atoms with van der Waals surface area (Å²) < 4.78 is 0. The Morgan fingerprint density at radius 2 is 2.00 bits per heavy atom. The molecule has 0 aromatic rings. The van der Waals surface area contributed by atoms with Crippen LogP contribution in [0.4, 0.5) is 0 Å². The first kappa shape index (κ1) is 7.60. The summed E-state index contributed by atoms with van der Waals surface area (Å²) in [6.07, 6.45) is 6.86. The topological polar surface area (TPSA) is 20.2 Å². The van der Waals surface area contributed by atoms with E-state index in [4.69, 9.17) is 0 Å². The normalized spacial score (nSPS) is 45.8. The van der Waals surface area contributed by atoms with Gasteiger partial charge in [0.1, 0.15) is 0 Å². The van der Waals surface area contributed by atoms with Crippen LogP contribution in [0.15, 0.2) is 0 Å². The molecule has 1 nitrogen and oxygen atoms in total. The standard InChI is InChI=1S/C10H18O/c1-7(11)9-6-5-8-3-2-4-10(8)9/h7-11H,2-6H2,1H3. The van der Waals surface area contributed by atoms with E-state index in [0.717, 1.165) is 11.8 Å². The molecule has 4 atom stereocenters. The van der Waals surface area contributed by atoms with Crippen LogP contribution in [0.1, 0.15) is 39.0 Å². The summed E-state index contributed by atoms with van der Waals surface area (Å²) in [7, 11) is 0. The van der Waals surface area contributed by atoms with E-state index in [9.17, 15) is 5.11 Å². The van der Waals surface area contributed by atoms with Gasteiger partial charge in [0.15, 0.2) is 0 Å². The predicted octanol–water partition coefficient (Wildman–Crippen LogP) is 2.19. The molecule has 2 aliphatic rings. The number of hydrogen-bond donors (Lipinski definition) is 1. The highest BCUT2D eigenvalue weighted by atomic mass is 16.3. The average molecular weight is 154 g/mol. The van der Waals surface area contributed by atoms with E-state index in [1.807, 2.05) is 6.92 Å². The third-order valence-corrected chi connectivity index (χ3v) is 3.76. The van der Waals surface area contributed by atoms with Crippen LogP contribution in [-0.4, -0.2) is 11.2 Å². The van der Waals surface area contributed by atoms with E-state index < -0.39 is 0 Å². The summed E-state index contributed by atoms with van der Waals surface area (Å²) in [5.74, 6) is 2.51. The molecule has 0 aromatic carbocycles. The van der Waals surface area contributed by atoms with Crippen LogP contribution >= 0.6 is 0 Å². The second-order valence-electron chi connectivity index (χ2n) is 4.34. The third kappa shape index (κ3) is 1.20. The van der Waals surface area contributed by atoms with Crippen molar-refractivity contribution in [1.29, 1.82) is 0 Å². The molecule has 0 amide bonds. The number of fused-ring (bicyclic) bond motifs is 1. The zero-order chi connectivity index (χ0) is 7.84. The Labute approximate surface area is 68.8 Å². The summed E-state index contributed by atoms with van der Waals surface area (Å²) >= 11 is 0. The molecule has 2 fully saturated rings. The van der Waals surface area contributed by atoms with E-state index in [2.05, 4.69) is 0 Å². The van der Waals surface area contributed by atoms with Gasteiger partial charge in [-0.25, -0.2) is 0 Å². The van der Waals surface area contributed by atoms with Gasteiger partial charge in [-0.05, 0) is 43.9 Å². The highest BCUT2D eigenvalue weighted by Crippen LogP contribution is 2.48. The lowest BCUT2D eigenvalue weighted by molar-refractivity contribution is 0.0984. The predicted molar refractivity (Wildman–Crippen MR) is 45.2 cm³/mol. The molecule has 0 aromatic heterocycles. The van der Waals surface area contributed by atoms with Crippen molar-refractivity contribution in [3.8, 4) is 0 Å². The van der Waals surface area contributed by atoms with Gasteiger partial charge in [-0.3, -0.25) is 0 Å². The lowest BCUT2D eigenvalue weighted by Gasteiger charge is -2.20. The Balaban J connectivity index is 2.03. The highest BCUT2D eigenvalue weighted by Gasteiger charge is 2.40. The SMILES string of the molecule is CC(O)C1CCC2CCCC21. The maximum atomic E-state index is 9.50. The van der Waals surface area contributed by atoms with Gasteiger partial charge in [0.05, 0.1) is 6.10 Å². The molecule has 2 aliphatic carbocycles. The van der Waals surface area contributed by atoms with Crippen molar-refractivity contribution in [2.45, 2.75) is 45.1 Å². The molecule has 0 saturated heterocycles. The Morgan fingerprint density at radius 1 is 1.18 bits per heavy atom. The molecule has 0 bridgehead atoms. The average Bonchev–Trinajstić information content (AvgIpc) is 2.41. The summed E-state index contributed by atoms with van der Waals surface area (Å²) in [6.45, 7) is 1.96. The van der Waals surface area contributed by atoms with E-state index >= 15 is 0 Å². The maximum absolute atomic E-state index is 9.50. The van der Waals surface area contributed by atoms with Gasteiger partial charge in [-0.2, -0.15) is 0 Å². The molecule has 2 saturated carbocycles. The Hall–Kier alpha value is -0.0400. The molecule has 1 heteroatoms. The second-order valence-corrected chi connectivity index (χ2v) is 4.34. The third-order valence-electron chi connectivity index (χ3n) is 3.76. The van der Waals surface area contributed by atoms with Crippen LogP contribution < -0.4 is 0 Å². The molecule has 1 N–H and O–H groups in total. The second kappa shape index (κ2) is 2.78. The number of aliphatic hydroxyl groups is 1. The molecular weight excluding hydrogens is 136 g/mol. The Morgan fingerprint density at radius 3 is 2.73 bits per heavy atom. The van der Waals surface area contributed by atoms with Crippen molar-refractivity contribution in [3.63, 3.8) is 0 Å².